The van der Waals surface area contributed by atoms with Crippen LogP contribution in [0.4, 0.5) is 13.2 Å². The summed E-state index contributed by atoms with van der Waals surface area (Å²) in [5.74, 6) is 0.700. The quantitative estimate of drug-likeness (QED) is 0.604. The normalized spacial score (nSPS) is 12.2. The first-order chi connectivity index (χ1) is 12.7. The van der Waals surface area contributed by atoms with Gasteiger partial charge in [0.25, 0.3) is 5.56 Å². The van der Waals surface area contributed by atoms with E-state index in [-0.39, 0.29) is 17.6 Å². The van der Waals surface area contributed by atoms with Crippen LogP contribution in [-0.2, 0) is 26.6 Å². The van der Waals surface area contributed by atoms with Gasteiger partial charge in [0.2, 0.25) is 0 Å². The molecule has 0 spiro atoms. The van der Waals surface area contributed by atoms with E-state index in [2.05, 4.69) is 10.3 Å². The first-order valence-corrected chi connectivity index (χ1v) is 8.31. The molecule has 0 amide bonds. The molecule has 27 heavy (non-hydrogen) atoms. The van der Waals surface area contributed by atoms with Crippen LogP contribution in [0.5, 0.6) is 0 Å². The van der Waals surface area contributed by atoms with Crippen LogP contribution in [0.2, 0.25) is 0 Å². The third-order valence-corrected chi connectivity index (χ3v) is 4.21. The summed E-state index contributed by atoms with van der Waals surface area (Å²) in [4.78, 5) is 25.0. The first kappa shape index (κ1) is 18.9. The average molecular weight is 385 g/mol. The summed E-state index contributed by atoms with van der Waals surface area (Å²) in [5, 5.41) is 7.40. The largest absolute Gasteiger partial charge is 0.408 e. The highest BCUT2D eigenvalue weighted by molar-refractivity contribution is 5.73. The molecule has 0 saturated carbocycles. The summed E-state index contributed by atoms with van der Waals surface area (Å²) in [5.41, 5.74) is -0.763. The van der Waals surface area contributed by atoms with Crippen molar-refractivity contribution < 1.29 is 17.7 Å². The summed E-state index contributed by atoms with van der Waals surface area (Å²) in [7, 11) is 1.40. The fraction of sp³-hybridized carbons (Fsp3) is 0.500. The topological polar surface area (TPSA) is 87.9 Å². The standard InChI is InChI=1S/C16H18F3N5O3/c1-10-7-11(27-21-10)5-3-4-6-23-14(25)13-12(22(2)15(23)26)8-20-24(13)9-16(17,18)19/h7-8H,3-6,9H2,1-2H3. The number of fused-ring (bicyclic) bond motifs is 1. The summed E-state index contributed by atoms with van der Waals surface area (Å²) < 4.78 is 45.9. The van der Waals surface area contributed by atoms with Gasteiger partial charge in [-0.25, -0.2) is 9.48 Å². The van der Waals surface area contributed by atoms with Crippen molar-refractivity contribution in [1.82, 2.24) is 24.1 Å². The maximum Gasteiger partial charge on any atom is 0.408 e. The lowest BCUT2D eigenvalue weighted by Crippen LogP contribution is -2.40. The number of halogens is 3. The van der Waals surface area contributed by atoms with Crippen molar-refractivity contribution in [2.45, 2.75) is 45.5 Å². The van der Waals surface area contributed by atoms with Gasteiger partial charge in [-0.15, -0.1) is 0 Å². The van der Waals surface area contributed by atoms with Gasteiger partial charge in [0.15, 0.2) is 5.52 Å². The zero-order chi connectivity index (χ0) is 19.8. The van der Waals surface area contributed by atoms with Crippen molar-refractivity contribution >= 4 is 11.0 Å². The average Bonchev–Trinajstić information content (AvgIpc) is 3.17. The summed E-state index contributed by atoms with van der Waals surface area (Å²) in [6.07, 6.45) is -1.73. The molecule has 0 atom stereocenters. The Balaban J connectivity index is 1.85. The zero-order valence-electron chi connectivity index (χ0n) is 14.8. The molecule has 0 saturated heterocycles. The van der Waals surface area contributed by atoms with Crippen molar-refractivity contribution in [2.75, 3.05) is 0 Å². The van der Waals surface area contributed by atoms with Crippen molar-refractivity contribution in [3.63, 3.8) is 0 Å². The summed E-state index contributed by atoms with van der Waals surface area (Å²) in [6, 6.07) is 1.80. The molecular weight excluding hydrogens is 367 g/mol. The Kier molecular flexibility index (Phi) is 4.94. The number of unbranched alkanes of at least 4 members (excludes halogenated alkanes) is 1. The predicted molar refractivity (Wildman–Crippen MR) is 89.5 cm³/mol. The van der Waals surface area contributed by atoms with E-state index < -0.39 is 24.0 Å². The van der Waals surface area contributed by atoms with Crippen molar-refractivity contribution in [2.24, 2.45) is 7.05 Å². The van der Waals surface area contributed by atoms with Crippen LogP contribution in [0.15, 0.2) is 26.4 Å². The van der Waals surface area contributed by atoms with Crippen LogP contribution in [-0.4, -0.2) is 30.2 Å². The van der Waals surface area contributed by atoms with Gasteiger partial charge in [-0.3, -0.25) is 13.9 Å². The molecule has 0 N–H and O–H groups in total. The number of aromatic nitrogens is 5. The van der Waals surface area contributed by atoms with Crippen molar-refractivity contribution in [3.8, 4) is 0 Å². The van der Waals surface area contributed by atoms with Crippen LogP contribution < -0.4 is 11.2 Å². The number of rotatable bonds is 6. The minimum Gasteiger partial charge on any atom is -0.361 e. The zero-order valence-corrected chi connectivity index (χ0v) is 14.8. The number of nitrogens with zero attached hydrogens (tertiary/aromatic N) is 5. The minimum absolute atomic E-state index is 0.0719. The Morgan fingerprint density at radius 2 is 1.96 bits per heavy atom. The van der Waals surface area contributed by atoms with E-state index in [0.29, 0.717) is 29.7 Å². The van der Waals surface area contributed by atoms with E-state index in [1.165, 1.54) is 7.05 Å². The summed E-state index contributed by atoms with van der Waals surface area (Å²) in [6.45, 7) is 0.496. The molecule has 3 aromatic heterocycles. The van der Waals surface area contributed by atoms with E-state index in [0.717, 1.165) is 21.0 Å². The first-order valence-electron chi connectivity index (χ1n) is 8.31. The Morgan fingerprint density at radius 3 is 2.59 bits per heavy atom. The lowest BCUT2D eigenvalue weighted by Gasteiger charge is -2.11. The van der Waals surface area contributed by atoms with Crippen LogP contribution in [0.1, 0.15) is 24.3 Å². The van der Waals surface area contributed by atoms with Gasteiger partial charge in [-0.2, -0.15) is 18.3 Å². The van der Waals surface area contributed by atoms with Gasteiger partial charge in [0, 0.05) is 26.1 Å². The second-order valence-corrected chi connectivity index (χ2v) is 6.34. The second kappa shape index (κ2) is 7.05. The monoisotopic (exact) mass is 385 g/mol. The molecule has 0 radical (unpaired) electrons. The maximum atomic E-state index is 12.7. The van der Waals surface area contributed by atoms with Crippen LogP contribution in [0.3, 0.4) is 0 Å². The molecular formula is C16H18F3N5O3. The van der Waals surface area contributed by atoms with E-state index in [9.17, 15) is 22.8 Å². The van der Waals surface area contributed by atoms with Crippen molar-refractivity contribution in [3.05, 3.63) is 44.6 Å². The van der Waals surface area contributed by atoms with Gasteiger partial charge in [-0.1, -0.05) is 5.16 Å². The van der Waals surface area contributed by atoms with Gasteiger partial charge in [0.05, 0.1) is 17.4 Å². The van der Waals surface area contributed by atoms with E-state index >= 15 is 0 Å². The van der Waals surface area contributed by atoms with E-state index in [1.54, 1.807) is 13.0 Å². The summed E-state index contributed by atoms with van der Waals surface area (Å²) >= 11 is 0. The predicted octanol–water partition coefficient (Wildman–Crippen LogP) is 1.78. The van der Waals surface area contributed by atoms with Crippen LogP contribution in [0, 0.1) is 6.92 Å². The maximum absolute atomic E-state index is 12.7. The van der Waals surface area contributed by atoms with Crippen molar-refractivity contribution in [1.29, 1.82) is 0 Å². The number of hydrogen-bond acceptors (Lipinski definition) is 5. The van der Waals surface area contributed by atoms with Gasteiger partial charge in [0.1, 0.15) is 12.3 Å². The van der Waals surface area contributed by atoms with E-state index in [1.807, 2.05) is 0 Å². The molecule has 0 aliphatic heterocycles. The molecule has 146 valence electrons. The van der Waals surface area contributed by atoms with Crippen LogP contribution >= 0.6 is 0 Å². The number of alkyl halides is 3. The lowest BCUT2D eigenvalue weighted by atomic mass is 10.2. The van der Waals surface area contributed by atoms with Gasteiger partial charge >= 0.3 is 11.9 Å². The minimum atomic E-state index is -4.53. The molecule has 3 aromatic rings. The third kappa shape index (κ3) is 3.96. The van der Waals surface area contributed by atoms with Gasteiger partial charge < -0.3 is 4.52 Å². The SMILES string of the molecule is Cc1cc(CCCCn2c(=O)c3c(cnn3CC(F)(F)F)n(C)c2=O)on1. The number of aryl methyl sites for hydroxylation is 3. The Hall–Kier alpha value is -2.85. The molecule has 0 unspecified atom stereocenters. The van der Waals surface area contributed by atoms with Crippen LogP contribution in [0.25, 0.3) is 11.0 Å². The molecule has 3 rings (SSSR count). The van der Waals surface area contributed by atoms with E-state index in [4.69, 9.17) is 4.52 Å². The fourth-order valence-electron chi connectivity index (χ4n) is 2.93. The lowest BCUT2D eigenvalue weighted by molar-refractivity contribution is -0.141. The molecule has 8 nitrogen and oxygen atoms in total. The Labute approximate surface area is 150 Å². The Morgan fingerprint density at radius 1 is 1.22 bits per heavy atom. The highest BCUT2D eigenvalue weighted by Gasteiger charge is 2.30. The highest BCUT2D eigenvalue weighted by atomic mass is 19.4. The highest BCUT2D eigenvalue weighted by Crippen LogP contribution is 2.19. The fourth-order valence-corrected chi connectivity index (χ4v) is 2.93. The molecule has 3 heterocycles. The second-order valence-electron chi connectivity index (χ2n) is 6.34. The Bertz CT molecular complexity index is 1070. The molecule has 0 aromatic carbocycles. The smallest absolute Gasteiger partial charge is 0.361 e. The molecule has 0 aliphatic rings. The molecule has 0 bridgehead atoms. The third-order valence-electron chi connectivity index (χ3n) is 4.21. The molecule has 0 aliphatic carbocycles. The number of hydrogen-bond donors (Lipinski definition) is 0. The van der Waals surface area contributed by atoms with Gasteiger partial charge in [-0.05, 0) is 19.8 Å². The molecule has 0 fully saturated rings. The molecule has 11 heteroatoms.